The second kappa shape index (κ2) is 9.31. The zero-order valence-corrected chi connectivity index (χ0v) is 20.6. The van der Waals surface area contributed by atoms with Crippen molar-refractivity contribution in [1.82, 2.24) is 14.9 Å². The second-order valence-corrected chi connectivity index (χ2v) is 10.8. The zero-order valence-electron chi connectivity index (χ0n) is 19.0. The number of nitrogens with zero attached hydrogens (tertiary/aromatic N) is 2. The number of nitrogens with one attached hydrogen (secondary N) is 2. The molecule has 4 rings (SSSR count). The van der Waals surface area contributed by atoms with E-state index in [1.165, 1.54) is 0 Å². The van der Waals surface area contributed by atoms with Crippen molar-refractivity contribution < 1.29 is 13.5 Å². The van der Waals surface area contributed by atoms with Gasteiger partial charge in [-0.05, 0) is 50.6 Å². The van der Waals surface area contributed by atoms with E-state index in [0.717, 1.165) is 16.5 Å². The summed E-state index contributed by atoms with van der Waals surface area (Å²) in [6.07, 6.45) is 0. The van der Waals surface area contributed by atoms with E-state index in [9.17, 15) is 13.5 Å². The first-order chi connectivity index (χ1) is 16.1. The van der Waals surface area contributed by atoms with Crippen LogP contribution in [0, 0.1) is 6.92 Å². The molecule has 0 aliphatic rings. The van der Waals surface area contributed by atoms with Crippen LogP contribution in [0.15, 0.2) is 71.6 Å². The molecule has 0 saturated heterocycles. The van der Waals surface area contributed by atoms with E-state index in [4.69, 9.17) is 11.6 Å². The maximum absolute atomic E-state index is 13.1. The lowest BCUT2D eigenvalue weighted by atomic mass is 10.0. The molecule has 0 spiro atoms. The van der Waals surface area contributed by atoms with Crippen molar-refractivity contribution >= 4 is 43.9 Å². The highest BCUT2D eigenvalue weighted by Gasteiger charge is 2.27. The molecule has 0 saturated carbocycles. The standard InChI is InChI=1S/C25H25ClN4O3S/c1-16-11-12-17(13-22(16)34(32,33)30-25(2,3)15-31)23-20-9-4-5-10-21(20)24(29-28-23)27-19-8-6-7-18(26)14-19/h4-14,30-31H,15H2,1-3H3,(H,27,29). The Labute approximate surface area is 203 Å². The van der Waals surface area contributed by atoms with Crippen molar-refractivity contribution in [2.75, 3.05) is 11.9 Å². The van der Waals surface area contributed by atoms with Crippen molar-refractivity contribution in [1.29, 1.82) is 0 Å². The monoisotopic (exact) mass is 496 g/mol. The van der Waals surface area contributed by atoms with Gasteiger partial charge in [0.05, 0.1) is 17.0 Å². The van der Waals surface area contributed by atoms with Gasteiger partial charge in [-0.15, -0.1) is 10.2 Å². The van der Waals surface area contributed by atoms with E-state index in [1.54, 1.807) is 45.0 Å². The molecule has 0 amide bonds. The smallest absolute Gasteiger partial charge is 0.241 e. The molecule has 0 aliphatic heterocycles. The van der Waals surface area contributed by atoms with Gasteiger partial charge in [-0.25, -0.2) is 13.1 Å². The Balaban J connectivity index is 1.80. The predicted molar refractivity (Wildman–Crippen MR) is 136 cm³/mol. The van der Waals surface area contributed by atoms with Crippen LogP contribution < -0.4 is 10.0 Å². The topological polar surface area (TPSA) is 104 Å². The van der Waals surface area contributed by atoms with Crippen LogP contribution in [0.2, 0.25) is 5.02 Å². The van der Waals surface area contributed by atoms with Crippen LogP contribution in [0.3, 0.4) is 0 Å². The SMILES string of the molecule is Cc1ccc(-c2nnc(Nc3cccc(Cl)c3)c3ccccc23)cc1S(=O)(=O)NC(C)(C)CO. The molecule has 0 radical (unpaired) electrons. The molecular formula is C25H25ClN4O3S. The summed E-state index contributed by atoms with van der Waals surface area (Å²) < 4.78 is 28.7. The number of aliphatic hydroxyl groups excluding tert-OH is 1. The van der Waals surface area contributed by atoms with Crippen LogP contribution >= 0.6 is 11.6 Å². The van der Waals surface area contributed by atoms with E-state index in [-0.39, 0.29) is 11.5 Å². The maximum Gasteiger partial charge on any atom is 0.241 e. The van der Waals surface area contributed by atoms with Crippen LogP contribution in [0.5, 0.6) is 0 Å². The van der Waals surface area contributed by atoms with Gasteiger partial charge in [-0.3, -0.25) is 0 Å². The third-order valence-corrected chi connectivity index (χ3v) is 7.41. The highest BCUT2D eigenvalue weighted by molar-refractivity contribution is 7.89. The first kappa shape index (κ1) is 24.1. The minimum atomic E-state index is -3.88. The first-order valence-corrected chi connectivity index (χ1v) is 12.5. The maximum atomic E-state index is 13.1. The van der Waals surface area contributed by atoms with Crippen LogP contribution in [0.25, 0.3) is 22.0 Å². The molecule has 34 heavy (non-hydrogen) atoms. The molecule has 1 heterocycles. The number of halogens is 1. The molecule has 176 valence electrons. The lowest BCUT2D eigenvalue weighted by Crippen LogP contribution is -2.46. The fraction of sp³-hybridized carbons (Fsp3) is 0.200. The summed E-state index contributed by atoms with van der Waals surface area (Å²) in [4.78, 5) is 0.124. The number of fused-ring (bicyclic) bond motifs is 1. The largest absolute Gasteiger partial charge is 0.394 e. The lowest BCUT2D eigenvalue weighted by Gasteiger charge is -2.24. The second-order valence-electron chi connectivity index (χ2n) is 8.71. The Morgan fingerprint density at radius 1 is 0.971 bits per heavy atom. The van der Waals surface area contributed by atoms with E-state index in [0.29, 0.717) is 27.7 Å². The molecule has 9 heteroatoms. The van der Waals surface area contributed by atoms with E-state index in [2.05, 4.69) is 20.2 Å². The van der Waals surface area contributed by atoms with Gasteiger partial charge in [0, 0.05) is 27.0 Å². The molecule has 1 aromatic heterocycles. The molecule has 0 fully saturated rings. The van der Waals surface area contributed by atoms with Gasteiger partial charge >= 0.3 is 0 Å². The van der Waals surface area contributed by atoms with Gasteiger partial charge < -0.3 is 10.4 Å². The minimum Gasteiger partial charge on any atom is -0.394 e. The molecule has 0 unspecified atom stereocenters. The molecule has 0 aliphatic carbocycles. The normalized spacial score (nSPS) is 12.1. The van der Waals surface area contributed by atoms with Crippen LogP contribution in [-0.2, 0) is 10.0 Å². The summed E-state index contributed by atoms with van der Waals surface area (Å²) in [6.45, 7) is 4.64. The lowest BCUT2D eigenvalue weighted by molar-refractivity contribution is 0.208. The number of benzene rings is 3. The van der Waals surface area contributed by atoms with Gasteiger partial charge in [0.25, 0.3) is 0 Å². The molecule has 3 aromatic carbocycles. The zero-order chi connectivity index (χ0) is 24.5. The van der Waals surface area contributed by atoms with E-state index < -0.39 is 15.6 Å². The Bertz CT molecular complexity index is 1470. The fourth-order valence-corrected chi connectivity index (χ4v) is 5.47. The summed E-state index contributed by atoms with van der Waals surface area (Å²) in [7, 11) is -3.88. The quantitative estimate of drug-likeness (QED) is 0.330. The number of aliphatic hydroxyl groups is 1. The van der Waals surface area contributed by atoms with Crippen molar-refractivity contribution in [3.05, 3.63) is 77.3 Å². The summed E-state index contributed by atoms with van der Waals surface area (Å²) in [5.41, 5.74) is 1.54. The van der Waals surface area contributed by atoms with Crippen molar-refractivity contribution in [3.8, 4) is 11.3 Å². The third kappa shape index (κ3) is 5.05. The van der Waals surface area contributed by atoms with Gasteiger partial charge in [0.1, 0.15) is 5.69 Å². The van der Waals surface area contributed by atoms with Gasteiger partial charge in [-0.1, -0.05) is 54.1 Å². The summed E-state index contributed by atoms with van der Waals surface area (Å²) in [5, 5.41) is 23.9. The summed E-state index contributed by atoms with van der Waals surface area (Å²) in [5.74, 6) is 0.563. The average Bonchev–Trinajstić information content (AvgIpc) is 2.79. The van der Waals surface area contributed by atoms with Crippen LogP contribution in [-0.4, -0.2) is 35.9 Å². The average molecular weight is 497 g/mol. The summed E-state index contributed by atoms with van der Waals surface area (Å²) >= 11 is 6.10. The van der Waals surface area contributed by atoms with Gasteiger partial charge in [-0.2, -0.15) is 0 Å². The molecule has 3 N–H and O–H groups in total. The number of anilines is 2. The van der Waals surface area contributed by atoms with Crippen LogP contribution in [0.4, 0.5) is 11.5 Å². The van der Waals surface area contributed by atoms with Gasteiger partial charge in [0.2, 0.25) is 10.0 Å². The number of rotatable bonds is 7. The first-order valence-electron chi connectivity index (χ1n) is 10.6. The number of hydrogen-bond acceptors (Lipinski definition) is 6. The number of aromatic nitrogens is 2. The molecule has 7 nitrogen and oxygen atoms in total. The Kier molecular flexibility index (Phi) is 6.60. The Morgan fingerprint density at radius 3 is 2.41 bits per heavy atom. The Hall–Kier alpha value is -3.04. The minimum absolute atomic E-state index is 0.124. The summed E-state index contributed by atoms with van der Waals surface area (Å²) in [6, 6.07) is 20.1. The number of sulfonamides is 1. The van der Waals surface area contributed by atoms with Crippen molar-refractivity contribution in [3.63, 3.8) is 0 Å². The fourth-order valence-electron chi connectivity index (χ4n) is 3.60. The van der Waals surface area contributed by atoms with Gasteiger partial charge in [0.15, 0.2) is 5.82 Å². The number of aryl methyl sites for hydroxylation is 1. The molecular weight excluding hydrogens is 472 g/mol. The van der Waals surface area contributed by atoms with Crippen LogP contribution in [0.1, 0.15) is 19.4 Å². The number of hydrogen-bond donors (Lipinski definition) is 3. The third-order valence-electron chi connectivity index (χ3n) is 5.33. The van der Waals surface area contributed by atoms with Crippen molar-refractivity contribution in [2.45, 2.75) is 31.2 Å². The molecule has 4 aromatic rings. The predicted octanol–water partition coefficient (Wildman–Crippen LogP) is 5.05. The van der Waals surface area contributed by atoms with E-state index in [1.807, 2.05) is 42.5 Å². The van der Waals surface area contributed by atoms with E-state index >= 15 is 0 Å². The molecule has 0 atom stereocenters. The molecule has 0 bridgehead atoms. The van der Waals surface area contributed by atoms with Crippen molar-refractivity contribution in [2.24, 2.45) is 0 Å². The Morgan fingerprint density at radius 2 is 1.71 bits per heavy atom. The highest BCUT2D eigenvalue weighted by atomic mass is 35.5. The highest BCUT2D eigenvalue weighted by Crippen LogP contribution is 2.33.